The number of phosphoric ester groups is 1. The second-order valence-corrected chi connectivity index (χ2v) is 27.8. The Bertz CT molecular complexity index is 4200. The minimum atomic E-state index is -5.74. The second kappa shape index (κ2) is 54.5. The van der Waals surface area contributed by atoms with E-state index in [0.29, 0.717) is 10.1 Å². The van der Waals surface area contributed by atoms with Gasteiger partial charge in [0.2, 0.25) is 23.6 Å². The molecule has 3 aromatic heterocycles. The highest BCUT2D eigenvalue weighted by Crippen LogP contribution is 2.66. The third-order valence-electron chi connectivity index (χ3n) is 13.2. The third-order valence-corrected chi connectivity index (χ3v) is 17.8. The van der Waals surface area contributed by atoms with Gasteiger partial charge in [-0.2, -0.15) is 23.6 Å². The maximum atomic E-state index is 12.3. The highest BCUT2D eigenvalue weighted by atomic mass is 127. The lowest BCUT2D eigenvalue weighted by Gasteiger charge is -2.19. The van der Waals surface area contributed by atoms with Crippen LogP contribution in [-0.2, 0) is 98.4 Å². The van der Waals surface area contributed by atoms with Crippen molar-refractivity contribution < 1.29 is 154 Å². The van der Waals surface area contributed by atoms with Gasteiger partial charge in [-0.25, -0.2) is 28.1 Å². The first kappa shape index (κ1) is 105. The fraction of sp³-hybridized carbons (Fsp3) is 0.557. The largest absolute Gasteiger partial charge is 0.490 e. The van der Waals surface area contributed by atoms with Crippen LogP contribution in [0.25, 0.3) is 0 Å². The lowest BCUT2D eigenvalue weighted by Crippen LogP contribution is -2.29. The number of terminal acetylenes is 1. The van der Waals surface area contributed by atoms with Gasteiger partial charge in [0.1, 0.15) is 54.4 Å². The van der Waals surface area contributed by atoms with Crippen molar-refractivity contribution in [3.8, 4) is 36.0 Å². The van der Waals surface area contributed by atoms with Crippen LogP contribution in [0.1, 0.15) is 123 Å². The average Bonchev–Trinajstić information content (AvgIpc) is 1.62. The van der Waals surface area contributed by atoms with Crippen molar-refractivity contribution in [3.63, 3.8) is 0 Å². The van der Waals surface area contributed by atoms with Crippen molar-refractivity contribution in [1.29, 1.82) is 0 Å². The molecule has 4 amide bonds. The monoisotopic (exact) mass is 1800 g/mol. The van der Waals surface area contributed by atoms with Gasteiger partial charge in [0, 0.05) is 98.3 Å². The number of aliphatic hydroxyl groups is 5. The summed E-state index contributed by atoms with van der Waals surface area (Å²) in [5.74, 6) is 8.06. The summed E-state index contributed by atoms with van der Waals surface area (Å²) in [4.78, 5) is 178. The molecule has 3 aromatic rings. The summed E-state index contributed by atoms with van der Waals surface area (Å²) in [6.45, 7) is 8.17. The Balaban J connectivity index is 0.00000149. The van der Waals surface area contributed by atoms with Crippen LogP contribution in [0.4, 0.5) is 17.5 Å². The van der Waals surface area contributed by atoms with Crippen molar-refractivity contribution in [2.45, 2.75) is 148 Å². The third kappa shape index (κ3) is 45.0. The number of carboxylic acid groups (broad SMARTS) is 2. The molecule has 0 aliphatic carbocycles. The molecule has 49 nitrogen and oxygen atoms in total. The maximum absolute atomic E-state index is 12.3. The van der Waals surface area contributed by atoms with E-state index in [1.807, 2.05) is 36.4 Å². The quantitative estimate of drug-likeness (QED) is 0.0102. The summed E-state index contributed by atoms with van der Waals surface area (Å²) in [7, 11) is -16.8. The molecule has 0 spiro atoms. The molecule has 0 saturated carbocycles. The van der Waals surface area contributed by atoms with Gasteiger partial charge in [0.15, 0.2) is 19.8 Å². The summed E-state index contributed by atoms with van der Waals surface area (Å²) < 4.78 is 80.1. The predicted molar refractivity (Wildman–Crippen MR) is 398 cm³/mol. The summed E-state index contributed by atoms with van der Waals surface area (Å²) in [5.41, 5.74) is 19.9. The number of hydrogen-bond donors (Lipinski definition) is 19. The number of carbonyl (C=O) groups excluding carboxylic acids is 7. The number of amides is 4. The van der Waals surface area contributed by atoms with Crippen LogP contribution in [0.15, 0.2) is 33.0 Å². The van der Waals surface area contributed by atoms with Crippen molar-refractivity contribution >= 4 is 117 Å². The number of ether oxygens (including phenoxy) is 6. The first-order valence-electron chi connectivity index (χ1n) is 33.1. The average molecular weight is 1800 g/mol. The number of anilines is 3. The van der Waals surface area contributed by atoms with Crippen LogP contribution in [0.3, 0.4) is 0 Å². The minimum Gasteiger partial charge on any atom is -0.481 e. The van der Waals surface area contributed by atoms with Crippen LogP contribution in [-0.4, -0.2) is 246 Å². The molecular formula is C61H92IN14O35P3. The summed E-state index contributed by atoms with van der Waals surface area (Å²) in [6, 6.07) is 0. The van der Waals surface area contributed by atoms with E-state index in [0.717, 1.165) is 15.3 Å². The maximum Gasteiger partial charge on any atom is 0.490 e. The number of carboxylic acids is 2. The van der Waals surface area contributed by atoms with Crippen molar-refractivity contribution in [2.75, 3.05) is 89.6 Å². The zero-order chi connectivity index (χ0) is 87.2. The van der Waals surface area contributed by atoms with Gasteiger partial charge in [-0.1, -0.05) is 43.4 Å². The van der Waals surface area contributed by atoms with Crippen LogP contribution < -0.4 is 61.3 Å². The number of esters is 3. The number of nitrogen functional groups attached to an aromatic ring is 3. The number of nitrogens with zero attached hydrogens (tertiary/aromatic N) is 6. The van der Waals surface area contributed by atoms with Crippen molar-refractivity contribution in [2.24, 2.45) is 5.73 Å². The molecule has 3 aliphatic heterocycles. The summed E-state index contributed by atoms with van der Waals surface area (Å²) in [6.07, 6.45) is 0.499. The van der Waals surface area contributed by atoms with Gasteiger partial charge in [0.05, 0.1) is 84.9 Å². The topological polar surface area (TPSA) is 767 Å². The van der Waals surface area contributed by atoms with E-state index in [1.165, 1.54) is 44.7 Å². The van der Waals surface area contributed by atoms with E-state index in [2.05, 4.69) is 83.7 Å². The normalized spacial score (nSPS) is 19.1. The number of phosphoric acid groups is 3. The molecule has 53 heteroatoms. The Morgan fingerprint density at radius 2 is 0.877 bits per heavy atom. The SMILES string of the molecule is C#CCOC(=O)CCNC(C)=O.CC.CC(=O)NCCC(=O)O.CC(=O)NCCC(=O)OCC#Cc1cn(C2CC(O)C(CO)O2)c(=O)nc1N.CC(=O)NCCC(=O)OCC#Cc1cn(C2CC(O)C(COP(=O)(O)OP(=O)(O)OP(=O)(O)O)O2)c(=O)nc1N.NCCC(=O)O.Nc1nc(=O)n(C2CC(O)C(CO)O2)cc1I. The lowest BCUT2D eigenvalue weighted by molar-refractivity contribution is -0.143. The molecule has 0 aromatic carbocycles. The van der Waals surface area contributed by atoms with Crippen molar-refractivity contribution in [3.05, 3.63) is 64.7 Å². The highest BCUT2D eigenvalue weighted by molar-refractivity contribution is 14.1. The highest BCUT2D eigenvalue weighted by Gasteiger charge is 2.43. The fourth-order valence-corrected chi connectivity index (χ4v) is 11.6. The zero-order valence-electron chi connectivity index (χ0n) is 61.9. The van der Waals surface area contributed by atoms with E-state index in [4.69, 9.17) is 83.3 Å². The van der Waals surface area contributed by atoms with Crippen LogP contribution in [0.5, 0.6) is 0 Å². The van der Waals surface area contributed by atoms with Crippen LogP contribution >= 0.6 is 46.1 Å². The first-order valence-corrected chi connectivity index (χ1v) is 38.7. The molecular weight excluding hydrogens is 1710 g/mol. The molecule has 11 unspecified atom stereocenters. The van der Waals surface area contributed by atoms with Gasteiger partial charge in [-0.3, -0.25) is 61.4 Å². The number of nitrogens with one attached hydrogen (secondary N) is 4. The van der Waals surface area contributed by atoms with E-state index >= 15 is 0 Å². The van der Waals surface area contributed by atoms with Gasteiger partial charge in [-0.05, 0) is 22.6 Å². The molecule has 23 N–H and O–H groups in total. The fourth-order valence-electron chi connectivity index (χ4n) is 8.16. The molecule has 11 atom stereocenters. The van der Waals surface area contributed by atoms with Gasteiger partial charge in [0.25, 0.3) is 0 Å². The Kier molecular flexibility index (Phi) is 50.1. The molecule has 0 bridgehead atoms. The Morgan fingerprint density at radius 3 is 1.19 bits per heavy atom. The Labute approximate surface area is 662 Å². The molecule has 3 fully saturated rings. The predicted octanol–water partition coefficient (Wildman–Crippen LogP) is -5.07. The smallest absolute Gasteiger partial charge is 0.481 e. The molecule has 6 rings (SSSR count). The lowest BCUT2D eigenvalue weighted by atomic mass is 10.2. The molecule has 3 saturated heterocycles. The number of nitrogens with two attached hydrogens (primary N) is 4. The number of aliphatic carboxylic acids is 2. The molecule has 6 heterocycles. The van der Waals surface area contributed by atoms with E-state index in [9.17, 15) is 96.3 Å². The minimum absolute atomic E-state index is 0.0143. The molecule has 3 aliphatic rings. The Morgan fingerprint density at radius 1 is 0.544 bits per heavy atom. The standard InChI is InChI=1S/C17H25N4O16P3.C17H22N4O7.C9H12IN3O4.C8H11NO3.C5H9NO3.C3H7NO2.C2H6/c1-10(22)19-5-4-15(24)33-6-2-3-11-8-21(17(25)20-16(11)18)14-7-12(23)13(35-14)9-34-39(29,30)37-40(31,32)36-38(26,27)28;1-10(23)19-5-4-15(25)27-6-2-3-11-8-21(17(26)20-16(11)18)14-7-12(24)13(9-22)28-14;10-4-2-13(9(16)12-8(4)11)7-1-5(15)6(3-14)17-7;1-3-6-12-8(11)4-5-9-7(2)10;1-4(7)6-3-2-5(8)9;4-2-1-3(5)6;1-2/h8,12-14,23H,4-7,9H2,1H3,(H,19,22)(H,29,30)(H,31,32)(H2,18,20,25)(H2,26,27,28);8,12-14,22,24H,4-7,9H2,1H3,(H,19,23)(H2,18,20,26);2,5-7,14-15H,1,3H2,(H2,11,12,16);1H,4-6H2,2H3,(H,9,10);2-3H2,1H3,(H,6,7)(H,8,9);1-2,4H2,(H,5,6);1-2H3. The number of aromatic nitrogens is 6. The van der Waals surface area contributed by atoms with E-state index < -0.39 is 132 Å². The van der Waals surface area contributed by atoms with E-state index in [1.54, 1.807) is 0 Å². The number of halogens is 1. The number of hydrogen-bond acceptors (Lipinski definition) is 36. The number of carbonyl (C=O) groups is 9. The van der Waals surface area contributed by atoms with Crippen LogP contribution in [0, 0.1) is 39.6 Å². The molecule has 638 valence electrons. The number of aliphatic hydroxyl groups excluding tert-OH is 5. The summed E-state index contributed by atoms with van der Waals surface area (Å²) >= 11 is 1.96. The first-order chi connectivity index (χ1) is 53.3. The van der Waals surface area contributed by atoms with Crippen molar-refractivity contribution in [1.82, 2.24) is 49.9 Å². The van der Waals surface area contributed by atoms with Gasteiger partial charge in [-0.15, -0.1) is 6.42 Å². The Hall–Kier alpha value is -9.27. The van der Waals surface area contributed by atoms with Gasteiger partial charge < -0.3 is 128 Å². The van der Waals surface area contributed by atoms with Crippen LogP contribution in [0.2, 0.25) is 0 Å². The number of rotatable bonds is 29. The summed E-state index contributed by atoms with van der Waals surface area (Å²) in [5, 5.41) is 73.3. The second-order valence-electron chi connectivity index (χ2n) is 22.2. The molecule has 0 radical (unpaired) electrons. The molecule has 114 heavy (non-hydrogen) atoms. The van der Waals surface area contributed by atoms with Gasteiger partial charge >= 0.3 is 70.4 Å². The van der Waals surface area contributed by atoms with E-state index in [-0.39, 0.29) is 163 Å². The zero-order valence-corrected chi connectivity index (χ0v) is 66.7.